The van der Waals surface area contributed by atoms with Gasteiger partial charge in [0, 0.05) is 22.4 Å². The molecule has 1 rings (SSSR count). The van der Waals surface area contributed by atoms with E-state index in [1.165, 1.54) is 0 Å². The van der Waals surface area contributed by atoms with Gasteiger partial charge in [0.2, 0.25) is 0 Å². The number of hydrogen-bond acceptors (Lipinski definition) is 1. The van der Waals surface area contributed by atoms with Gasteiger partial charge in [-0.2, -0.15) is 0 Å². The fourth-order valence-corrected chi connectivity index (χ4v) is 2.06. The molecule has 0 aliphatic rings. The SMILES string of the molecule is CCCC(=O)C(C)c1ccc(Cl)cc1Cl. The Kier molecular flexibility index (Phi) is 4.62. The van der Waals surface area contributed by atoms with Crippen LogP contribution in [0.5, 0.6) is 0 Å². The van der Waals surface area contributed by atoms with Crippen molar-refractivity contribution in [3.05, 3.63) is 33.8 Å². The number of hydrogen-bond donors (Lipinski definition) is 0. The van der Waals surface area contributed by atoms with Crippen LogP contribution in [0.25, 0.3) is 0 Å². The number of rotatable bonds is 4. The third-order valence-electron chi connectivity index (χ3n) is 2.41. The lowest BCUT2D eigenvalue weighted by atomic mass is 9.94. The van der Waals surface area contributed by atoms with E-state index in [9.17, 15) is 4.79 Å². The van der Waals surface area contributed by atoms with Crippen molar-refractivity contribution in [3.8, 4) is 0 Å². The third-order valence-corrected chi connectivity index (χ3v) is 2.97. The van der Waals surface area contributed by atoms with E-state index < -0.39 is 0 Å². The number of Topliss-reactive ketones (excluding diaryl/α,β-unsaturated/α-hetero) is 1. The molecule has 1 unspecified atom stereocenters. The maximum atomic E-state index is 11.7. The van der Waals surface area contributed by atoms with E-state index in [2.05, 4.69) is 0 Å². The molecule has 0 bridgehead atoms. The quantitative estimate of drug-likeness (QED) is 0.764. The van der Waals surface area contributed by atoms with Gasteiger partial charge in [-0.25, -0.2) is 0 Å². The molecule has 0 aliphatic carbocycles. The lowest BCUT2D eigenvalue weighted by molar-refractivity contribution is -0.120. The molecular weight excluding hydrogens is 231 g/mol. The van der Waals surface area contributed by atoms with Crippen LogP contribution in [0.1, 0.15) is 38.2 Å². The Balaban J connectivity index is 2.91. The molecule has 0 amide bonds. The van der Waals surface area contributed by atoms with Crippen LogP contribution >= 0.6 is 23.2 Å². The van der Waals surface area contributed by atoms with Crippen LogP contribution in [0, 0.1) is 0 Å². The van der Waals surface area contributed by atoms with Crippen LogP contribution in [0.4, 0.5) is 0 Å². The molecule has 3 heteroatoms. The lowest BCUT2D eigenvalue weighted by Gasteiger charge is -2.12. The van der Waals surface area contributed by atoms with Crippen molar-refractivity contribution in [2.24, 2.45) is 0 Å². The van der Waals surface area contributed by atoms with E-state index in [1.54, 1.807) is 12.1 Å². The molecule has 82 valence electrons. The first-order valence-electron chi connectivity index (χ1n) is 5.04. The Morgan fingerprint density at radius 2 is 2.07 bits per heavy atom. The van der Waals surface area contributed by atoms with E-state index in [-0.39, 0.29) is 11.7 Å². The molecule has 0 N–H and O–H groups in total. The van der Waals surface area contributed by atoms with Crippen molar-refractivity contribution >= 4 is 29.0 Å². The standard InChI is InChI=1S/C12H14Cl2O/c1-3-4-12(15)8(2)10-6-5-9(13)7-11(10)14/h5-8H,3-4H2,1-2H3. The average Bonchev–Trinajstić information content (AvgIpc) is 2.17. The molecule has 1 nitrogen and oxygen atoms in total. The van der Waals surface area contributed by atoms with Crippen molar-refractivity contribution in [3.63, 3.8) is 0 Å². The topological polar surface area (TPSA) is 17.1 Å². The van der Waals surface area contributed by atoms with Gasteiger partial charge in [0.1, 0.15) is 5.78 Å². The minimum atomic E-state index is -0.144. The molecule has 0 spiro atoms. The van der Waals surface area contributed by atoms with Crippen LogP contribution in [-0.2, 0) is 4.79 Å². The predicted octanol–water partition coefficient (Wildman–Crippen LogP) is 4.47. The minimum absolute atomic E-state index is 0.144. The predicted molar refractivity (Wildman–Crippen MR) is 64.8 cm³/mol. The van der Waals surface area contributed by atoms with Gasteiger partial charge >= 0.3 is 0 Å². The van der Waals surface area contributed by atoms with Crippen LogP contribution in [-0.4, -0.2) is 5.78 Å². The highest BCUT2D eigenvalue weighted by Crippen LogP contribution is 2.28. The van der Waals surface area contributed by atoms with Crippen molar-refractivity contribution in [2.75, 3.05) is 0 Å². The fourth-order valence-electron chi connectivity index (χ4n) is 1.49. The molecule has 1 atom stereocenters. The normalized spacial score (nSPS) is 12.5. The number of carbonyl (C=O) groups is 1. The van der Waals surface area contributed by atoms with Crippen molar-refractivity contribution in [1.82, 2.24) is 0 Å². The van der Waals surface area contributed by atoms with E-state index in [4.69, 9.17) is 23.2 Å². The Labute approximate surface area is 100 Å². The smallest absolute Gasteiger partial charge is 0.140 e. The molecule has 15 heavy (non-hydrogen) atoms. The molecular formula is C12H14Cl2O. The zero-order chi connectivity index (χ0) is 11.4. The summed E-state index contributed by atoms with van der Waals surface area (Å²) in [6, 6.07) is 5.26. The lowest BCUT2D eigenvalue weighted by Crippen LogP contribution is -2.08. The fraction of sp³-hybridized carbons (Fsp3) is 0.417. The van der Waals surface area contributed by atoms with Crippen molar-refractivity contribution in [1.29, 1.82) is 0 Å². The van der Waals surface area contributed by atoms with Crippen LogP contribution in [0.15, 0.2) is 18.2 Å². The van der Waals surface area contributed by atoms with Gasteiger partial charge < -0.3 is 0 Å². The molecule has 1 aromatic rings. The summed E-state index contributed by atoms with van der Waals surface area (Å²) in [5.41, 5.74) is 0.861. The molecule has 0 saturated heterocycles. The Bertz CT molecular complexity index is 361. The monoisotopic (exact) mass is 244 g/mol. The highest BCUT2D eigenvalue weighted by molar-refractivity contribution is 6.35. The minimum Gasteiger partial charge on any atom is -0.299 e. The third kappa shape index (κ3) is 3.22. The Morgan fingerprint density at radius 3 is 2.60 bits per heavy atom. The first kappa shape index (κ1) is 12.5. The van der Waals surface area contributed by atoms with Gasteiger partial charge in [0.25, 0.3) is 0 Å². The van der Waals surface area contributed by atoms with E-state index >= 15 is 0 Å². The number of ketones is 1. The maximum Gasteiger partial charge on any atom is 0.140 e. The van der Waals surface area contributed by atoms with Gasteiger partial charge in [0.15, 0.2) is 0 Å². The Morgan fingerprint density at radius 1 is 1.40 bits per heavy atom. The van der Waals surface area contributed by atoms with Gasteiger partial charge in [-0.1, -0.05) is 43.1 Å². The molecule has 0 fully saturated rings. The second kappa shape index (κ2) is 5.53. The number of halogens is 2. The second-order valence-electron chi connectivity index (χ2n) is 3.60. The maximum absolute atomic E-state index is 11.7. The summed E-state index contributed by atoms with van der Waals surface area (Å²) in [5, 5.41) is 1.17. The molecule has 0 radical (unpaired) electrons. The zero-order valence-electron chi connectivity index (χ0n) is 8.89. The van der Waals surface area contributed by atoms with Gasteiger partial charge in [-0.05, 0) is 24.1 Å². The average molecular weight is 245 g/mol. The summed E-state index contributed by atoms with van der Waals surface area (Å²) in [6.07, 6.45) is 1.47. The first-order valence-corrected chi connectivity index (χ1v) is 5.79. The molecule has 0 aliphatic heterocycles. The van der Waals surface area contributed by atoms with E-state index in [0.717, 1.165) is 12.0 Å². The molecule has 0 saturated carbocycles. The number of benzene rings is 1. The van der Waals surface area contributed by atoms with Crippen LogP contribution in [0.2, 0.25) is 10.0 Å². The highest BCUT2D eigenvalue weighted by Gasteiger charge is 2.16. The summed E-state index contributed by atoms with van der Waals surface area (Å²) in [5.74, 6) is 0.0800. The van der Waals surface area contributed by atoms with E-state index in [0.29, 0.717) is 16.5 Å². The summed E-state index contributed by atoms with van der Waals surface area (Å²) in [6.45, 7) is 3.88. The first-order chi connectivity index (χ1) is 7.06. The van der Waals surface area contributed by atoms with Gasteiger partial charge in [0.05, 0.1) is 0 Å². The highest BCUT2D eigenvalue weighted by atomic mass is 35.5. The van der Waals surface area contributed by atoms with Crippen LogP contribution in [0.3, 0.4) is 0 Å². The van der Waals surface area contributed by atoms with Gasteiger partial charge in [-0.3, -0.25) is 4.79 Å². The van der Waals surface area contributed by atoms with Gasteiger partial charge in [-0.15, -0.1) is 0 Å². The van der Waals surface area contributed by atoms with Crippen LogP contribution < -0.4 is 0 Å². The summed E-state index contributed by atoms with van der Waals surface area (Å²) in [4.78, 5) is 11.7. The largest absolute Gasteiger partial charge is 0.299 e. The molecule has 0 heterocycles. The summed E-state index contributed by atoms with van der Waals surface area (Å²) in [7, 11) is 0. The second-order valence-corrected chi connectivity index (χ2v) is 4.45. The summed E-state index contributed by atoms with van der Waals surface area (Å²) < 4.78 is 0. The molecule has 0 aromatic heterocycles. The van der Waals surface area contributed by atoms with Crippen molar-refractivity contribution in [2.45, 2.75) is 32.6 Å². The summed E-state index contributed by atoms with van der Waals surface area (Å²) >= 11 is 11.8. The van der Waals surface area contributed by atoms with Crippen molar-refractivity contribution < 1.29 is 4.79 Å². The zero-order valence-corrected chi connectivity index (χ0v) is 10.4. The Hall–Kier alpha value is -0.530. The number of carbonyl (C=O) groups excluding carboxylic acids is 1. The van der Waals surface area contributed by atoms with E-state index in [1.807, 2.05) is 19.9 Å². The molecule has 1 aromatic carbocycles.